The molecule has 0 aromatic heterocycles. The largest absolute Gasteiger partial charge is 0.490 e. The van der Waals surface area contributed by atoms with Crippen LogP contribution in [0.3, 0.4) is 0 Å². The summed E-state index contributed by atoms with van der Waals surface area (Å²) < 4.78 is 5.88. The van der Waals surface area contributed by atoms with Crippen LogP contribution >= 0.6 is 0 Å². The van der Waals surface area contributed by atoms with Crippen LogP contribution in [0.1, 0.15) is 32.6 Å². The molecule has 2 rings (SSSR count). The number of anilines is 1. The molecule has 21 heavy (non-hydrogen) atoms. The fraction of sp³-hybridized carbons (Fsp3) is 0.467. The Morgan fingerprint density at radius 2 is 2.05 bits per heavy atom. The topological polar surface area (TPSA) is 93.5 Å². The van der Waals surface area contributed by atoms with Gasteiger partial charge in [-0.1, -0.05) is 6.07 Å². The molecule has 1 aliphatic carbocycles. The van der Waals surface area contributed by atoms with E-state index in [0.29, 0.717) is 5.69 Å². The standard InChI is InChI=1S/C15H21N3O3/c1-10(17-15(16)20)14(19)18-11-5-4-8-13(9-11)21-12-6-2-3-7-12/h4-5,8-10,12H,2-3,6-7H2,1H3,(H,18,19)(H3,16,17,20)/t10-/m1/s1. The summed E-state index contributed by atoms with van der Waals surface area (Å²) in [7, 11) is 0. The van der Waals surface area contributed by atoms with E-state index in [1.807, 2.05) is 12.1 Å². The average molecular weight is 291 g/mol. The third-order valence-electron chi connectivity index (χ3n) is 3.46. The summed E-state index contributed by atoms with van der Waals surface area (Å²) in [4.78, 5) is 22.6. The first-order valence-corrected chi connectivity index (χ1v) is 7.18. The number of ether oxygens (including phenoxy) is 1. The summed E-state index contributed by atoms with van der Waals surface area (Å²) in [6, 6.07) is 5.84. The Hall–Kier alpha value is -2.24. The predicted octanol–water partition coefficient (Wildman–Crippen LogP) is 2.00. The lowest BCUT2D eigenvalue weighted by Crippen LogP contribution is -2.44. The van der Waals surface area contributed by atoms with E-state index in [4.69, 9.17) is 10.5 Å². The van der Waals surface area contributed by atoms with E-state index < -0.39 is 12.1 Å². The summed E-state index contributed by atoms with van der Waals surface area (Å²) in [6.45, 7) is 1.57. The van der Waals surface area contributed by atoms with Crippen molar-refractivity contribution in [1.82, 2.24) is 5.32 Å². The van der Waals surface area contributed by atoms with Gasteiger partial charge in [0.25, 0.3) is 0 Å². The number of nitrogens with one attached hydrogen (secondary N) is 2. The van der Waals surface area contributed by atoms with Crippen LogP contribution in [0.5, 0.6) is 5.75 Å². The molecule has 0 aliphatic heterocycles. The molecular formula is C15H21N3O3. The van der Waals surface area contributed by atoms with E-state index in [-0.39, 0.29) is 12.0 Å². The maximum absolute atomic E-state index is 11.9. The molecule has 1 saturated carbocycles. The molecular weight excluding hydrogens is 270 g/mol. The molecule has 1 aliphatic rings. The summed E-state index contributed by atoms with van der Waals surface area (Å²) in [5, 5.41) is 5.05. The van der Waals surface area contributed by atoms with Crippen molar-refractivity contribution in [3.63, 3.8) is 0 Å². The van der Waals surface area contributed by atoms with Gasteiger partial charge in [0, 0.05) is 11.8 Å². The fourth-order valence-electron chi connectivity index (χ4n) is 2.38. The Kier molecular flexibility index (Phi) is 5.03. The minimum Gasteiger partial charge on any atom is -0.490 e. The first kappa shape index (κ1) is 15.2. The van der Waals surface area contributed by atoms with Gasteiger partial charge in [-0.15, -0.1) is 0 Å². The van der Waals surface area contributed by atoms with Gasteiger partial charge in [0.1, 0.15) is 11.8 Å². The van der Waals surface area contributed by atoms with Gasteiger partial charge >= 0.3 is 6.03 Å². The van der Waals surface area contributed by atoms with E-state index in [9.17, 15) is 9.59 Å². The molecule has 0 saturated heterocycles. The van der Waals surface area contributed by atoms with Crippen molar-refractivity contribution in [2.75, 3.05) is 5.32 Å². The maximum atomic E-state index is 11.9. The van der Waals surface area contributed by atoms with Crippen LogP contribution in [0.2, 0.25) is 0 Å². The molecule has 0 heterocycles. The molecule has 0 bridgehead atoms. The van der Waals surface area contributed by atoms with Crippen LogP contribution in [-0.2, 0) is 4.79 Å². The number of carbonyl (C=O) groups is 2. The minimum absolute atomic E-state index is 0.270. The van der Waals surface area contributed by atoms with Crippen LogP contribution in [0, 0.1) is 0 Å². The molecule has 3 amide bonds. The molecule has 114 valence electrons. The van der Waals surface area contributed by atoms with E-state index in [1.54, 1.807) is 19.1 Å². The highest BCUT2D eigenvalue weighted by Crippen LogP contribution is 2.25. The Balaban J connectivity index is 1.93. The molecule has 6 nitrogen and oxygen atoms in total. The number of benzene rings is 1. The molecule has 1 aromatic carbocycles. The highest BCUT2D eigenvalue weighted by Gasteiger charge is 2.17. The van der Waals surface area contributed by atoms with Crippen LogP contribution in [-0.4, -0.2) is 24.1 Å². The molecule has 0 radical (unpaired) electrons. The summed E-state index contributed by atoms with van der Waals surface area (Å²) in [6.07, 6.45) is 4.84. The maximum Gasteiger partial charge on any atom is 0.312 e. The smallest absolute Gasteiger partial charge is 0.312 e. The lowest BCUT2D eigenvalue weighted by Gasteiger charge is -2.15. The lowest BCUT2D eigenvalue weighted by atomic mass is 10.2. The molecule has 1 fully saturated rings. The van der Waals surface area contributed by atoms with Gasteiger partial charge in [-0.3, -0.25) is 4.79 Å². The number of urea groups is 1. The fourth-order valence-corrected chi connectivity index (χ4v) is 2.38. The summed E-state index contributed by atoms with van der Waals surface area (Å²) >= 11 is 0. The van der Waals surface area contributed by atoms with Crippen LogP contribution in [0.15, 0.2) is 24.3 Å². The van der Waals surface area contributed by atoms with Crippen molar-refractivity contribution >= 4 is 17.6 Å². The number of hydrogen-bond acceptors (Lipinski definition) is 3. The zero-order valence-corrected chi connectivity index (χ0v) is 12.1. The molecule has 1 atom stereocenters. The van der Waals surface area contributed by atoms with Gasteiger partial charge in [-0.25, -0.2) is 4.79 Å². The average Bonchev–Trinajstić information content (AvgIpc) is 2.91. The van der Waals surface area contributed by atoms with Crippen molar-refractivity contribution in [3.8, 4) is 5.75 Å². The molecule has 1 aromatic rings. The van der Waals surface area contributed by atoms with E-state index in [0.717, 1.165) is 18.6 Å². The van der Waals surface area contributed by atoms with Gasteiger partial charge < -0.3 is 21.1 Å². The Morgan fingerprint density at radius 3 is 2.71 bits per heavy atom. The number of rotatable bonds is 5. The van der Waals surface area contributed by atoms with Gasteiger partial charge in [0.05, 0.1) is 6.10 Å². The van der Waals surface area contributed by atoms with E-state index in [2.05, 4.69) is 10.6 Å². The van der Waals surface area contributed by atoms with Crippen molar-refractivity contribution in [1.29, 1.82) is 0 Å². The Morgan fingerprint density at radius 1 is 1.33 bits per heavy atom. The molecule has 6 heteroatoms. The first-order chi connectivity index (χ1) is 10.0. The highest BCUT2D eigenvalue weighted by atomic mass is 16.5. The second kappa shape index (κ2) is 6.97. The van der Waals surface area contributed by atoms with Gasteiger partial charge in [0.15, 0.2) is 0 Å². The monoisotopic (exact) mass is 291 g/mol. The first-order valence-electron chi connectivity index (χ1n) is 7.18. The highest BCUT2D eigenvalue weighted by molar-refractivity contribution is 5.96. The Labute approximate surface area is 124 Å². The third kappa shape index (κ3) is 4.66. The lowest BCUT2D eigenvalue weighted by molar-refractivity contribution is -0.117. The molecule has 0 unspecified atom stereocenters. The van der Waals surface area contributed by atoms with Gasteiger partial charge in [-0.2, -0.15) is 0 Å². The van der Waals surface area contributed by atoms with E-state index in [1.165, 1.54) is 12.8 Å². The number of hydrogen-bond donors (Lipinski definition) is 3. The minimum atomic E-state index is -0.726. The summed E-state index contributed by atoms with van der Waals surface area (Å²) in [5.41, 5.74) is 5.62. The number of primary amides is 1. The van der Waals surface area contributed by atoms with Gasteiger partial charge in [0.2, 0.25) is 5.91 Å². The van der Waals surface area contributed by atoms with Crippen molar-refractivity contribution in [2.45, 2.75) is 44.8 Å². The number of carbonyl (C=O) groups excluding carboxylic acids is 2. The Bertz CT molecular complexity index is 513. The quantitative estimate of drug-likeness (QED) is 0.774. The zero-order chi connectivity index (χ0) is 15.2. The van der Waals surface area contributed by atoms with Crippen molar-refractivity contribution in [2.24, 2.45) is 5.73 Å². The summed E-state index contributed by atoms with van der Waals surface area (Å²) in [5.74, 6) is 0.419. The number of amides is 3. The molecule has 4 N–H and O–H groups in total. The normalized spacial score (nSPS) is 16.2. The van der Waals surface area contributed by atoms with E-state index >= 15 is 0 Å². The van der Waals surface area contributed by atoms with Crippen molar-refractivity contribution in [3.05, 3.63) is 24.3 Å². The van der Waals surface area contributed by atoms with Gasteiger partial charge in [-0.05, 0) is 44.7 Å². The van der Waals surface area contributed by atoms with Crippen LogP contribution in [0.4, 0.5) is 10.5 Å². The number of nitrogens with two attached hydrogens (primary N) is 1. The second-order valence-electron chi connectivity index (χ2n) is 5.27. The van der Waals surface area contributed by atoms with Crippen LogP contribution in [0.25, 0.3) is 0 Å². The molecule has 0 spiro atoms. The van der Waals surface area contributed by atoms with Crippen LogP contribution < -0.4 is 21.1 Å². The SMILES string of the molecule is C[C@@H](NC(N)=O)C(=O)Nc1cccc(OC2CCCC2)c1. The van der Waals surface area contributed by atoms with Crippen molar-refractivity contribution < 1.29 is 14.3 Å². The second-order valence-corrected chi connectivity index (χ2v) is 5.27. The predicted molar refractivity (Wildman–Crippen MR) is 80.1 cm³/mol. The third-order valence-corrected chi connectivity index (χ3v) is 3.46. The zero-order valence-electron chi connectivity index (χ0n) is 12.1.